The Morgan fingerprint density at radius 2 is 2.00 bits per heavy atom. The Morgan fingerprint density at radius 3 is 2.38 bits per heavy atom. The summed E-state index contributed by atoms with van der Waals surface area (Å²) in [4.78, 5) is 13.1. The van der Waals surface area contributed by atoms with E-state index in [1.807, 2.05) is 20.8 Å². The summed E-state index contributed by atoms with van der Waals surface area (Å²) < 4.78 is 23.7. The molecule has 0 bridgehead atoms. The van der Waals surface area contributed by atoms with Crippen molar-refractivity contribution in [3.8, 4) is 0 Å². The zero-order chi connectivity index (χ0) is 12.6. The largest absolute Gasteiger partial charge is 0.444 e. The molecular weight excluding hydrogens is 228 g/mol. The van der Waals surface area contributed by atoms with E-state index in [0.29, 0.717) is 18.8 Å². The number of rotatable bonds is 2. The molecule has 1 aliphatic rings. The SMILES string of the molecule is CC(C)(C)OC(=O)N1CC(CS(C)(=N)=O)C1. The van der Waals surface area contributed by atoms with Crippen LogP contribution in [0.2, 0.25) is 0 Å². The molecule has 1 heterocycles. The normalized spacial score (nSPS) is 21.1. The second-order valence-corrected chi connectivity index (χ2v) is 7.77. The standard InChI is InChI=1S/C10H20N2O3S/c1-10(2,3)15-9(13)12-5-8(6-12)7-16(4,11)14/h8,11H,5-7H2,1-4H3. The summed E-state index contributed by atoms with van der Waals surface area (Å²) in [6.45, 7) is 6.58. The summed E-state index contributed by atoms with van der Waals surface area (Å²) in [6.07, 6.45) is 1.11. The van der Waals surface area contributed by atoms with Gasteiger partial charge in [0.05, 0.1) is 0 Å². The molecule has 0 aliphatic carbocycles. The van der Waals surface area contributed by atoms with E-state index in [1.165, 1.54) is 6.26 Å². The highest BCUT2D eigenvalue weighted by molar-refractivity contribution is 7.91. The van der Waals surface area contributed by atoms with Gasteiger partial charge in [-0.3, -0.25) is 8.99 Å². The third-order valence-corrected chi connectivity index (χ3v) is 3.27. The molecule has 94 valence electrons. The number of carbonyl (C=O) groups excluding carboxylic acids is 1. The van der Waals surface area contributed by atoms with Crippen LogP contribution in [0.3, 0.4) is 0 Å². The Bertz CT molecular complexity index is 364. The van der Waals surface area contributed by atoms with Gasteiger partial charge in [-0.2, -0.15) is 0 Å². The molecule has 0 saturated carbocycles. The van der Waals surface area contributed by atoms with Gasteiger partial charge in [-0.1, -0.05) is 0 Å². The van der Waals surface area contributed by atoms with E-state index in [-0.39, 0.29) is 12.0 Å². The molecule has 1 fully saturated rings. The van der Waals surface area contributed by atoms with Crippen LogP contribution in [0.4, 0.5) is 4.79 Å². The summed E-state index contributed by atoms with van der Waals surface area (Å²) in [6, 6.07) is 0. The lowest BCUT2D eigenvalue weighted by Gasteiger charge is -2.39. The van der Waals surface area contributed by atoms with Gasteiger partial charge in [0.2, 0.25) is 0 Å². The number of amides is 1. The van der Waals surface area contributed by atoms with Crippen LogP contribution < -0.4 is 0 Å². The molecule has 1 saturated heterocycles. The van der Waals surface area contributed by atoms with Gasteiger partial charge in [0.15, 0.2) is 0 Å². The van der Waals surface area contributed by atoms with Crippen LogP contribution in [0, 0.1) is 10.7 Å². The highest BCUT2D eigenvalue weighted by atomic mass is 32.2. The monoisotopic (exact) mass is 248 g/mol. The molecule has 0 aromatic carbocycles. The van der Waals surface area contributed by atoms with Crippen molar-refractivity contribution in [3.05, 3.63) is 0 Å². The average Bonchev–Trinajstić information content (AvgIpc) is 1.89. The van der Waals surface area contributed by atoms with Crippen LogP contribution in [-0.4, -0.2) is 45.9 Å². The van der Waals surface area contributed by atoms with E-state index >= 15 is 0 Å². The molecule has 1 atom stereocenters. The van der Waals surface area contributed by atoms with Crippen LogP contribution in [0.1, 0.15) is 20.8 Å². The van der Waals surface area contributed by atoms with E-state index in [2.05, 4.69) is 0 Å². The number of hydrogen-bond acceptors (Lipinski definition) is 4. The number of hydrogen-bond donors (Lipinski definition) is 1. The Balaban J connectivity index is 2.34. The molecule has 16 heavy (non-hydrogen) atoms. The minimum absolute atomic E-state index is 0.183. The van der Waals surface area contributed by atoms with Gasteiger partial charge in [0, 0.05) is 40.7 Å². The highest BCUT2D eigenvalue weighted by Gasteiger charge is 2.34. The van der Waals surface area contributed by atoms with Gasteiger partial charge in [-0.15, -0.1) is 0 Å². The first-order valence-electron chi connectivity index (χ1n) is 5.26. The maximum absolute atomic E-state index is 11.5. The van der Waals surface area contributed by atoms with Gasteiger partial charge >= 0.3 is 6.09 Å². The zero-order valence-corrected chi connectivity index (χ0v) is 11.1. The maximum Gasteiger partial charge on any atom is 0.410 e. The first-order valence-corrected chi connectivity index (χ1v) is 7.40. The van der Waals surface area contributed by atoms with Crippen molar-refractivity contribution in [1.82, 2.24) is 4.90 Å². The number of carbonyl (C=O) groups is 1. The molecule has 0 aromatic rings. The lowest BCUT2D eigenvalue weighted by Crippen LogP contribution is -2.53. The van der Waals surface area contributed by atoms with Crippen molar-refractivity contribution < 1.29 is 13.7 Å². The molecule has 1 rings (SSSR count). The Hall–Kier alpha value is -0.780. The molecule has 1 unspecified atom stereocenters. The Labute approximate surface area is 97.1 Å². The molecule has 1 aliphatic heterocycles. The zero-order valence-electron chi connectivity index (χ0n) is 10.3. The van der Waals surface area contributed by atoms with Crippen molar-refractivity contribution in [2.24, 2.45) is 5.92 Å². The van der Waals surface area contributed by atoms with Crippen molar-refractivity contribution in [2.45, 2.75) is 26.4 Å². The lowest BCUT2D eigenvalue weighted by molar-refractivity contribution is 0.00199. The van der Waals surface area contributed by atoms with Gasteiger partial charge in [-0.05, 0) is 20.8 Å². The topological polar surface area (TPSA) is 70.5 Å². The molecular formula is C10H20N2O3S. The molecule has 0 radical (unpaired) electrons. The third kappa shape index (κ3) is 4.38. The van der Waals surface area contributed by atoms with E-state index in [9.17, 15) is 9.00 Å². The summed E-state index contributed by atoms with van der Waals surface area (Å²) in [5, 5.41) is 0. The third-order valence-electron chi connectivity index (χ3n) is 2.16. The predicted molar refractivity (Wildman–Crippen MR) is 63.0 cm³/mol. The fourth-order valence-electron chi connectivity index (χ4n) is 1.60. The van der Waals surface area contributed by atoms with Crippen LogP contribution in [-0.2, 0) is 14.5 Å². The quantitative estimate of drug-likeness (QED) is 0.805. The van der Waals surface area contributed by atoms with Gasteiger partial charge < -0.3 is 9.64 Å². The maximum atomic E-state index is 11.5. The van der Waals surface area contributed by atoms with E-state index in [0.717, 1.165) is 0 Å². The van der Waals surface area contributed by atoms with Crippen LogP contribution in [0.25, 0.3) is 0 Å². The van der Waals surface area contributed by atoms with Gasteiger partial charge in [0.1, 0.15) is 5.60 Å². The summed E-state index contributed by atoms with van der Waals surface area (Å²) in [5.41, 5.74) is -0.476. The minimum atomic E-state index is -2.45. The second-order valence-electron chi connectivity index (χ2n) is 5.42. The first-order chi connectivity index (χ1) is 7.07. The fraction of sp³-hybridized carbons (Fsp3) is 0.900. The first kappa shape index (κ1) is 13.3. The summed E-state index contributed by atoms with van der Waals surface area (Å²) in [7, 11) is -2.45. The van der Waals surface area contributed by atoms with Crippen molar-refractivity contribution in [2.75, 3.05) is 25.1 Å². The van der Waals surface area contributed by atoms with E-state index in [1.54, 1.807) is 4.90 Å². The van der Waals surface area contributed by atoms with Crippen molar-refractivity contribution >= 4 is 15.8 Å². The highest BCUT2D eigenvalue weighted by Crippen LogP contribution is 2.20. The van der Waals surface area contributed by atoms with Crippen LogP contribution in [0.15, 0.2) is 0 Å². The number of nitrogens with one attached hydrogen (secondary N) is 1. The molecule has 6 heteroatoms. The minimum Gasteiger partial charge on any atom is -0.444 e. The number of likely N-dealkylation sites (tertiary alicyclic amines) is 1. The predicted octanol–water partition coefficient (Wildman–Crippen LogP) is 1.53. The molecule has 0 spiro atoms. The molecule has 0 aromatic heterocycles. The van der Waals surface area contributed by atoms with E-state index < -0.39 is 15.3 Å². The summed E-state index contributed by atoms with van der Waals surface area (Å²) >= 11 is 0. The van der Waals surface area contributed by atoms with Crippen LogP contribution >= 0.6 is 0 Å². The summed E-state index contributed by atoms with van der Waals surface area (Å²) in [5.74, 6) is 0.550. The lowest BCUT2D eigenvalue weighted by atomic mass is 10.0. The molecule has 5 nitrogen and oxygen atoms in total. The number of nitrogens with zero attached hydrogens (tertiary/aromatic N) is 1. The van der Waals surface area contributed by atoms with Gasteiger partial charge in [0.25, 0.3) is 0 Å². The van der Waals surface area contributed by atoms with Crippen molar-refractivity contribution in [1.29, 1.82) is 4.78 Å². The Morgan fingerprint density at radius 1 is 1.50 bits per heavy atom. The number of ether oxygens (including phenoxy) is 1. The Kier molecular flexibility index (Phi) is 3.52. The fourth-order valence-corrected chi connectivity index (χ4v) is 2.71. The van der Waals surface area contributed by atoms with E-state index in [4.69, 9.17) is 9.52 Å². The average molecular weight is 248 g/mol. The smallest absolute Gasteiger partial charge is 0.410 e. The molecule has 1 amide bonds. The van der Waals surface area contributed by atoms with Gasteiger partial charge in [-0.25, -0.2) is 4.79 Å². The van der Waals surface area contributed by atoms with Crippen molar-refractivity contribution in [3.63, 3.8) is 0 Å². The second kappa shape index (κ2) is 4.24. The molecule has 1 N–H and O–H groups in total. The van der Waals surface area contributed by atoms with Crippen LogP contribution in [0.5, 0.6) is 0 Å².